The van der Waals surface area contributed by atoms with Gasteiger partial charge in [0.05, 0.1) is 10.2 Å². The highest BCUT2D eigenvalue weighted by Crippen LogP contribution is 2.31. The first-order chi connectivity index (χ1) is 10.2. The summed E-state index contributed by atoms with van der Waals surface area (Å²) in [6.07, 6.45) is 2.03. The van der Waals surface area contributed by atoms with E-state index in [0.29, 0.717) is 0 Å². The summed E-state index contributed by atoms with van der Waals surface area (Å²) in [4.78, 5) is 4.53. The molecule has 1 heterocycles. The maximum atomic E-state index is 13.3. The minimum Gasteiger partial charge on any atom is -0.378 e. The molecule has 108 valence electrons. The van der Waals surface area contributed by atoms with Gasteiger partial charge in [-0.25, -0.2) is 9.37 Å². The van der Waals surface area contributed by atoms with Crippen LogP contribution in [0.1, 0.15) is 18.5 Å². The highest BCUT2D eigenvalue weighted by atomic mass is 32.2. The largest absolute Gasteiger partial charge is 0.378 e. The lowest BCUT2D eigenvalue weighted by Crippen LogP contribution is -2.06. The standard InChI is InChI=1S/C16H15FN2S2/c1-10(11-4-3-5-12(17)8-11)18-13-6-7-14-15(9-13)21-16(19-14)20-2/h3-10,18H,1-2H3. The fourth-order valence-electron chi connectivity index (χ4n) is 2.19. The van der Waals surface area contributed by atoms with Crippen LogP contribution in [-0.4, -0.2) is 11.2 Å². The predicted octanol–water partition coefficient (Wildman–Crippen LogP) is 5.33. The summed E-state index contributed by atoms with van der Waals surface area (Å²) in [7, 11) is 0. The molecule has 21 heavy (non-hydrogen) atoms. The van der Waals surface area contributed by atoms with E-state index in [1.165, 1.54) is 6.07 Å². The summed E-state index contributed by atoms with van der Waals surface area (Å²) in [5.41, 5.74) is 2.98. The Labute approximate surface area is 131 Å². The van der Waals surface area contributed by atoms with E-state index in [0.717, 1.165) is 25.8 Å². The minimum atomic E-state index is -0.205. The van der Waals surface area contributed by atoms with Crippen LogP contribution in [0, 0.1) is 5.82 Å². The van der Waals surface area contributed by atoms with Crippen LogP contribution in [0.5, 0.6) is 0 Å². The molecule has 3 aromatic rings. The highest BCUT2D eigenvalue weighted by molar-refractivity contribution is 8.00. The molecule has 1 unspecified atom stereocenters. The molecule has 1 N–H and O–H groups in total. The SMILES string of the molecule is CSc1nc2ccc(NC(C)c3cccc(F)c3)cc2s1. The van der Waals surface area contributed by atoms with Crippen molar-refractivity contribution in [2.75, 3.05) is 11.6 Å². The van der Waals surface area contributed by atoms with E-state index in [-0.39, 0.29) is 11.9 Å². The fourth-order valence-corrected chi connectivity index (χ4v) is 3.72. The Morgan fingerprint density at radius 1 is 1.24 bits per heavy atom. The van der Waals surface area contributed by atoms with E-state index >= 15 is 0 Å². The Bertz CT molecular complexity index is 770. The van der Waals surface area contributed by atoms with Crippen molar-refractivity contribution in [2.24, 2.45) is 0 Å². The van der Waals surface area contributed by atoms with Gasteiger partial charge in [-0.3, -0.25) is 0 Å². The lowest BCUT2D eigenvalue weighted by Gasteiger charge is -2.15. The number of hydrogen-bond acceptors (Lipinski definition) is 4. The number of rotatable bonds is 4. The average Bonchev–Trinajstić information content (AvgIpc) is 2.89. The molecule has 3 rings (SSSR count). The van der Waals surface area contributed by atoms with Crippen molar-refractivity contribution in [3.63, 3.8) is 0 Å². The summed E-state index contributed by atoms with van der Waals surface area (Å²) >= 11 is 3.35. The van der Waals surface area contributed by atoms with Crippen LogP contribution in [0.4, 0.5) is 10.1 Å². The number of halogens is 1. The summed E-state index contributed by atoms with van der Waals surface area (Å²) in [6.45, 7) is 2.03. The van der Waals surface area contributed by atoms with E-state index in [4.69, 9.17) is 0 Å². The van der Waals surface area contributed by atoms with Gasteiger partial charge in [-0.2, -0.15) is 0 Å². The normalized spacial score (nSPS) is 12.5. The number of nitrogens with one attached hydrogen (secondary N) is 1. The average molecular weight is 318 g/mol. The van der Waals surface area contributed by atoms with Crippen molar-refractivity contribution in [1.29, 1.82) is 0 Å². The van der Waals surface area contributed by atoms with Gasteiger partial charge in [0.2, 0.25) is 0 Å². The zero-order chi connectivity index (χ0) is 14.8. The van der Waals surface area contributed by atoms with Crippen molar-refractivity contribution in [1.82, 2.24) is 4.98 Å². The van der Waals surface area contributed by atoms with Crippen molar-refractivity contribution in [3.8, 4) is 0 Å². The second kappa shape index (κ2) is 6.03. The molecule has 2 nitrogen and oxygen atoms in total. The van der Waals surface area contributed by atoms with Crippen LogP contribution in [-0.2, 0) is 0 Å². The number of thioether (sulfide) groups is 1. The molecule has 1 aromatic heterocycles. The number of fused-ring (bicyclic) bond motifs is 1. The van der Waals surface area contributed by atoms with Gasteiger partial charge in [-0.05, 0) is 49.1 Å². The Morgan fingerprint density at radius 3 is 2.86 bits per heavy atom. The van der Waals surface area contributed by atoms with Crippen LogP contribution < -0.4 is 5.32 Å². The molecule has 0 aliphatic heterocycles. The van der Waals surface area contributed by atoms with Crippen molar-refractivity contribution < 1.29 is 4.39 Å². The van der Waals surface area contributed by atoms with Gasteiger partial charge in [0.1, 0.15) is 5.82 Å². The van der Waals surface area contributed by atoms with Gasteiger partial charge in [-0.15, -0.1) is 11.3 Å². The Kier molecular flexibility index (Phi) is 4.12. The molecule has 5 heteroatoms. The number of benzene rings is 2. The zero-order valence-corrected chi connectivity index (χ0v) is 13.4. The molecular formula is C16H15FN2S2. The lowest BCUT2D eigenvalue weighted by atomic mass is 10.1. The fraction of sp³-hybridized carbons (Fsp3) is 0.188. The highest BCUT2D eigenvalue weighted by Gasteiger charge is 2.08. The third-order valence-corrected chi connectivity index (χ3v) is 5.28. The van der Waals surface area contributed by atoms with Crippen molar-refractivity contribution in [2.45, 2.75) is 17.3 Å². The number of nitrogens with zero attached hydrogens (tertiary/aromatic N) is 1. The Balaban J connectivity index is 1.83. The molecule has 2 aromatic carbocycles. The van der Waals surface area contributed by atoms with Crippen LogP contribution in [0.25, 0.3) is 10.2 Å². The quantitative estimate of drug-likeness (QED) is 0.658. The van der Waals surface area contributed by atoms with Crippen LogP contribution in [0.3, 0.4) is 0 Å². The smallest absolute Gasteiger partial charge is 0.150 e. The number of anilines is 1. The molecular weight excluding hydrogens is 303 g/mol. The first-order valence-electron chi connectivity index (χ1n) is 6.62. The van der Waals surface area contributed by atoms with E-state index < -0.39 is 0 Å². The van der Waals surface area contributed by atoms with E-state index in [1.807, 2.05) is 31.4 Å². The molecule has 0 aliphatic rings. The van der Waals surface area contributed by atoms with E-state index in [2.05, 4.69) is 16.4 Å². The van der Waals surface area contributed by atoms with Crippen LogP contribution in [0.2, 0.25) is 0 Å². The van der Waals surface area contributed by atoms with E-state index in [1.54, 1.807) is 35.2 Å². The summed E-state index contributed by atoms with van der Waals surface area (Å²) < 4.78 is 15.5. The van der Waals surface area contributed by atoms with Gasteiger partial charge in [0.15, 0.2) is 4.34 Å². The molecule has 0 aliphatic carbocycles. The molecule has 0 bridgehead atoms. The zero-order valence-electron chi connectivity index (χ0n) is 11.8. The van der Waals surface area contributed by atoms with Crippen LogP contribution in [0.15, 0.2) is 46.8 Å². The maximum Gasteiger partial charge on any atom is 0.150 e. The summed E-state index contributed by atoms with van der Waals surface area (Å²) in [6, 6.07) is 12.9. The lowest BCUT2D eigenvalue weighted by molar-refractivity contribution is 0.623. The monoisotopic (exact) mass is 318 g/mol. The molecule has 0 amide bonds. The van der Waals surface area contributed by atoms with Crippen LogP contribution >= 0.6 is 23.1 Å². The van der Waals surface area contributed by atoms with Gasteiger partial charge in [0, 0.05) is 11.7 Å². The third kappa shape index (κ3) is 3.19. The molecule has 0 saturated heterocycles. The van der Waals surface area contributed by atoms with Gasteiger partial charge in [-0.1, -0.05) is 23.9 Å². The maximum absolute atomic E-state index is 13.3. The number of thiazole rings is 1. The first-order valence-corrected chi connectivity index (χ1v) is 8.66. The minimum absolute atomic E-state index is 0.0473. The summed E-state index contributed by atoms with van der Waals surface area (Å²) in [5.74, 6) is -0.205. The molecule has 0 radical (unpaired) electrons. The molecule has 0 spiro atoms. The molecule has 0 saturated carbocycles. The molecule has 1 atom stereocenters. The van der Waals surface area contributed by atoms with Gasteiger partial charge < -0.3 is 5.32 Å². The summed E-state index contributed by atoms with van der Waals surface area (Å²) in [5, 5.41) is 3.41. The Morgan fingerprint density at radius 2 is 2.10 bits per heavy atom. The second-order valence-corrected chi connectivity index (χ2v) is 6.87. The third-order valence-electron chi connectivity index (χ3n) is 3.28. The van der Waals surface area contributed by atoms with E-state index in [9.17, 15) is 4.39 Å². The van der Waals surface area contributed by atoms with Gasteiger partial charge >= 0.3 is 0 Å². The Hall–Kier alpha value is -1.59. The van der Waals surface area contributed by atoms with Crippen molar-refractivity contribution in [3.05, 3.63) is 53.8 Å². The second-order valence-electron chi connectivity index (χ2n) is 4.79. The van der Waals surface area contributed by atoms with Gasteiger partial charge in [0.25, 0.3) is 0 Å². The number of hydrogen-bond donors (Lipinski definition) is 1. The van der Waals surface area contributed by atoms with Crippen molar-refractivity contribution >= 4 is 39.0 Å². The molecule has 0 fully saturated rings. The predicted molar refractivity (Wildman–Crippen MR) is 89.8 cm³/mol. The topological polar surface area (TPSA) is 24.9 Å². The first kappa shape index (κ1) is 14.4. The number of aromatic nitrogens is 1.